The van der Waals surface area contributed by atoms with Gasteiger partial charge < -0.3 is 10.2 Å². The molecule has 1 aromatic heterocycles. The van der Waals surface area contributed by atoms with E-state index in [9.17, 15) is 14.0 Å². The van der Waals surface area contributed by atoms with Crippen LogP contribution in [0.3, 0.4) is 0 Å². The number of carbonyl (C=O) groups is 2. The van der Waals surface area contributed by atoms with Gasteiger partial charge in [-0.15, -0.1) is 0 Å². The number of hydrogen-bond acceptors (Lipinski definition) is 3. The van der Waals surface area contributed by atoms with Crippen molar-refractivity contribution in [1.82, 2.24) is 14.7 Å². The number of carbonyl (C=O) groups excluding carboxylic acids is 2. The lowest BCUT2D eigenvalue weighted by molar-refractivity contribution is -0.121. The molecule has 4 rings (SSSR count). The van der Waals surface area contributed by atoms with Crippen LogP contribution in [0, 0.1) is 11.7 Å². The number of piperidine rings is 1. The third-order valence-corrected chi connectivity index (χ3v) is 5.31. The first kappa shape index (κ1) is 19.8. The predicted molar refractivity (Wildman–Crippen MR) is 111 cm³/mol. The Morgan fingerprint density at radius 2 is 1.83 bits per heavy atom. The zero-order chi connectivity index (χ0) is 20.9. The first-order chi connectivity index (χ1) is 14.6. The van der Waals surface area contributed by atoms with Crippen molar-refractivity contribution < 1.29 is 14.0 Å². The van der Waals surface area contributed by atoms with Crippen LogP contribution in [0.25, 0.3) is 0 Å². The minimum atomic E-state index is -0.380. The van der Waals surface area contributed by atoms with E-state index in [-0.39, 0.29) is 23.5 Å². The summed E-state index contributed by atoms with van der Waals surface area (Å²) in [5.41, 5.74) is 1.52. The molecular weight excluding hydrogens is 383 g/mol. The molecule has 2 amide bonds. The Kier molecular flexibility index (Phi) is 5.88. The van der Waals surface area contributed by atoms with Crippen molar-refractivity contribution >= 4 is 17.6 Å². The highest BCUT2D eigenvalue weighted by molar-refractivity contribution is 5.96. The average molecular weight is 406 g/mol. The van der Waals surface area contributed by atoms with E-state index in [1.54, 1.807) is 21.8 Å². The summed E-state index contributed by atoms with van der Waals surface area (Å²) in [6.07, 6.45) is 3.12. The van der Waals surface area contributed by atoms with Gasteiger partial charge in [-0.25, -0.2) is 9.07 Å². The van der Waals surface area contributed by atoms with Gasteiger partial charge in [-0.05, 0) is 42.7 Å². The predicted octanol–water partition coefficient (Wildman–Crippen LogP) is 3.56. The van der Waals surface area contributed by atoms with E-state index >= 15 is 0 Å². The number of nitrogens with one attached hydrogen (secondary N) is 1. The lowest BCUT2D eigenvalue weighted by Gasteiger charge is -2.32. The van der Waals surface area contributed by atoms with Gasteiger partial charge in [0.1, 0.15) is 11.6 Å². The van der Waals surface area contributed by atoms with Crippen molar-refractivity contribution in [1.29, 1.82) is 0 Å². The molecule has 3 aromatic rings. The quantitative estimate of drug-likeness (QED) is 0.705. The largest absolute Gasteiger partial charge is 0.338 e. The molecule has 2 aromatic carbocycles. The monoisotopic (exact) mass is 406 g/mol. The van der Waals surface area contributed by atoms with Gasteiger partial charge in [0.2, 0.25) is 5.91 Å². The number of amides is 2. The maximum absolute atomic E-state index is 13.1. The Labute approximate surface area is 174 Å². The molecule has 154 valence electrons. The van der Waals surface area contributed by atoms with Crippen molar-refractivity contribution in [3.8, 4) is 0 Å². The topological polar surface area (TPSA) is 67.2 Å². The van der Waals surface area contributed by atoms with Crippen LogP contribution in [0.2, 0.25) is 0 Å². The van der Waals surface area contributed by atoms with Gasteiger partial charge in [0.15, 0.2) is 0 Å². The molecule has 7 heteroatoms. The number of likely N-dealkylation sites (tertiary alicyclic amines) is 1. The third-order valence-electron chi connectivity index (χ3n) is 5.31. The van der Waals surface area contributed by atoms with E-state index in [0.29, 0.717) is 37.4 Å². The lowest BCUT2D eigenvalue weighted by Crippen LogP contribution is -2.43. The van der Waals surface area contributed by atoms with E-state index < -0.39 is 0 Å². The number of aromatic nitrogens is 2. The molecule has 0 radical (unpaired) electrons. The maximum atomic E-state index is 13.1. The average Bonchev–Trinajstić information content (AvgIpc) is 3.21. The summed E-state index contributed by atoms with van der Waals surface area (Å²) < 4.78 is 14.9. The van der Waals surface area contributed by atoms with Gasteiger partial charge in [0, 0.05) is 24.7 Å². The molecule has 1 aliphatic rings. The van der Waals surface area contributed by atoms with Crippen LogP contribution >= 0.6 is 0 Å². The summed E-state index contributed by atoms with van der Waals surface area (Å²) in [5.74, 6) is -0.355. The molecule has 1 aliphatic heterocycles. The lowest BCUT2D eigenvalue weighted by atomic mass is 9.96. The van der Waals surface area contributed by atoms with Crippen LogP contribution < -0.4 is 5.32 Å². The molecule has 2 heterocycles. The molecule has 30 heavy (non-hydrogen) atoms. The second kappa shape index (κ2) is 8.90. The highest BCUT2D eigenvalue weighted by Gasteiger charge is 2.29. The summed E-state index contributed by atoms with van der Waals surface area (Å²) in [5, 5.41) is 7.27. The van der Waals surface area contributed by atoms with Crippen LogP contribution in [-0.4, -0.2) is 39.6 Å². The molecule has 0 aliphatic carbocycles. The number of anilines is 1. The van der Waals surface area contributed by atoms with E-state index in [1.807, 2.05) is 30.3 Å². The molecule has 0 spiro atoms. The molecule has 1 unspecified atom stereocenters. The van der Waals surface area contributed by atoms with E-state index in [2.05, 4.69) is 10.4 Å². The molecule has 6 nitrogen and oxygen atoms in total. The molecule has 1 saturated heterocycles. The summed E-state index contributed by atoms with van der Waals surface area (Å²) in [6, 6.07) is 17.2. The van der Waals surface area contributed by atoms with Gasteiger partial charge in [0.25, 0.3) is 5.91 Å². The Hall–Kier alpha value is -3.48. The van der Waals surface area contributed by atoms with Gasteiger partial charge in [-0.1, -0.05) is 30.3 Å². The van der Waals surface area contributed by atoms with Crippen LogP contribution in [0.15, 0.2) is 66.9 Å². The van der Waals surface area contributed by atoms with Crippen molar-refractivity contribution in [2.24, 2.45) is 5.92 Å². The zero-order valence-electron chi connectivity index (χ0n) is 16.5. The molecule has 1 fully saturated rings. The SMILES string of the molecule is O=C(Nc1ccnn1Cc1ccccc1)C1CCCN(C(=O)c2ccc(F)cc2)C1. The molecule has 1 N–H and O–H groups in total. The Morgan fingerprint density at radius 1 is 1.07 bits per heavy atom. The minimum Gasteiger partial charge on any atom is -0.338 e. The fourth-order valence-electron chi connectivity index (χ4n) is 3.70. The van der Waals surface area contributed by atoms with Crippen LogP contribution in [0.1, 0.15) is 28.8 Å². The summed E-state index contributed by atoms with van der Waals surface area (Å²) in [4.78, 5) is 27.3. The van der Waals surface area contributed by atoms with Crippen molar-refractivity contribution in [2.45, 2.75) is 19.4 Å². The van der Waals surface area contributed by atoms with Crippen molar-refractivity contribution in [2.75, 3.05) is 18.4 Å². The fourth-order valence-corrected chi connectivity index (χ4v) is 3.70. The Balaban J connectivity index is 1.40. The molecule has 0 bridgehead atoms. The second-order valence-electron chi connectivity index (χ2n) is 7.45. The highest BCUT2D eigenvalue weighted by atomic mass is 19.1. The van der Waals surface area contributed by atoms with Crippen molar-refractivity contribution in [3.63, 3.8) is 0 Å². The third kappa shape index (κ3) is 4.56. The first-order valence-corrected chi connectivity index (χ1v) is 10.0. The summed E-state index contributed by atoms with van der Waals surface area (Å²) >= 11 is 0. The van der Waals surface area contributed by atoms with Crippen molar-refractivity contribution in [3.05, 3.63) is 83.8 Å². The Morgan fingerprint density at radius 3 is 2.60 bits per heavy atom. The number of halogens is 1. The zero-order valence-corrected chi connectivity index (χ0v) is 16.5. The standard InChI is InChI=1S/C23H23FN4O2/c24-20-10-8-18(9-11-20)23(30)27-14-4-7-19(16-27)22(29)26-21-12-13-25-28(21)15-17-5-2-1-3-6-17/h1-3,5-6,8-13,19H,4,7,14-16H2,(H,26,29). The minimum absolute atomic E-state index is 0.124. The fraction of sp³-hybridized carbons (Fsp3) is 0.261. The number of benzene rings is 2. The van der Waals surface area contributed by atoms with Crippen LogP contribution in [0.4, 0.5) is 10.2 Å². The van der Waals surface area contributed by atoms with Crippen LogP contribution in [0.5, 0.6) is 0 Å². The molecular formula is C23H23FN4O2. The summed E-state index contributed by atoms with van der Waals surface area (Å²) in [7, 11) is 0. The number of hydrogen-bond donors (Lipinski definition) is 1. The summed E-state index contributed by atoms with van der Waals surface area (Å²) in [6.45, 7) is 1.49. The van der Waals surface area contributed by atoms with E-state index in [4.69, 9.17) is 0 Å². The molecule has 1 atom stereocenters. The van der Waals surface area contributed by atoms with E-state index in [1.165, 1.54) is 24.3 Å². The van der Waals surface area contributed by atoms with Gasteiger partial charge in [-0.3, -0.25) is 9.59 Å². The van der Waals surface area contributed by atoms with Gasteiger partial charge in [0.05, 0.1) is 18.7 Å². The molecule has 0 saturated carbocycles. The van der Waals surface area contributed by atoms with Gasteiger partial charge in [-0.2, -0.15) is 5.10 Å². The van der Waals surface area contributed by atoms with Gasteiger partial charge >= 0.3 is 0 Å². The second-order valence-corrected chi connectivity index (χ2v) is 7.45. The number of nitrogens with zero attached hydrogens (tertiary/aromatic N) is 3. The first-order valence-electron chi connectivity index (χ1n) is 10.0. The maximum Gasteiger partial charge on any atom is 0.253 e. The Bertz CT molecular complexity index is 1020. The highest BCUT2D eigenvalue weighted by Crippen LogP contribution is 2.21. The van der Waals surface area contributed by atoms with Crippen LogP contribution in [-0.2, 0) is 11.3 Å². The smallest absolute Gasteiger partial charge is 0.253 e. The number of rotatable bonds is 5. The normalized spacial score (nSPS) is 16.3. The van der Waals surface area contributed by atoms with E-state index in [0.717, 1.165) is 12.0 Å².